The Bertz CT molecular complexity index is 1200. The molecule has 2 aliphatic rings. The third-order valence-corrected chi connectivity index (χ3v) is 7.25. The number of allylic oxidation sites excluding steroid dienone is 4. The number of H-pyrrole nitrogens is 2. The van der Waals surface area contributed by atoms with Crippen molar-refractivity contribution in [2.45, 2.75) is 74.7 Å². The van der Waals surface area contributed by atoms with Crippen LogP contribution in [0.1, 0.15) is 85.6 Å². The highest BCUT2D eigenvalue weighted by Crippen LogP contribution is 2.32. The zero-order valence-electron chi connectivity index (χ0n) is 21.3. The fourth-order valence-electron chi connectivity index (χ4n) is 5.12. The molecule has 4 heterocycles. The normalized spacial score (nSPS) is 18.3. The van der Waals surface area contributed by atoms with Gasteiger partial charge in [0, 0.05) is 41.6 Å². The maximum atomic E-state index is 4.64. The smallest absolute Gasteiger partial charge is 0.0685 e. The first-order valence-electron chi connectivity index (χ1n) is 12.0. The van der Waals surface area contributed by atoms with Gasteiger partial charge in [-0.25, -0.2) is 0 Å². The van der Waals surface area contributed by atoms with Crippen LogP contribution in [0.5, 0.6) is 0 Å². The van der Waals surface area contributed by atoms with Crippen LogP contribution in [0.25, 0.3) is 12.2 Å². The lowest BCUT2D eigenvalue weighted by molar-refractivity contribution is 1.09. The number of nitrogens with one attached hydrogen (secondary N) is 2. The lowest BCUT2D eigenvalue weighted by Gasteiger charge is -2.06. The van der Waals surface area contributed by atoms with Gasteiger partial charge in [-0.15, -0.1) is 0 Å². The van der Waals surface area contributed by atoms with Crippen LogP contribution in [-0.2, 0) is 6.42 Å². The van der Waals surface area contributed by atoms with Crippen LogP contribution < -0.4 is 0 Å². The summed E-state index contributed by atoms with van der Waals surface area (Å²) in [7, 11) is 0. The van der Waals surface area contributed by atoms with Gasteiger partial charge >= 0.3 is 0 Å². The second-order valence-corrected chi connectivity index (χ2v) is 9.32. The van der Waals surface area contributed by atoms with Crippen molar-refractivity contribution in [3.63, 3.8) is 0 Å². The quantitative estimate of drug-likeness (QED) is 0.468. The van der Waals surface area contributed by atoms with Gasteiger partial charge in [0.15, 0.2) is 0 Å². The minimum absolute atomic E-state index is 0.909. The van der Waals surface area contributed by atoms with Crippen LogP contribution in [0.15, 0.2) is 43.7 Å². The van der Waals surface area contributed by atoms with E-state index in [1.165, 1.54) is 55.9 Å². The van der Waals surface area contributed by atoms with Gasteiger partial charge in [0.25, 0.3) is 0 Å². The van der Waals surface area contributed by atoms with E-state index < -0.39 is 0 Å². The molecule has 0 unspecified atom stereocenters. The first-order chi connectivity index (χ1) is 15.7. The van der Waals surface area contributed by atoms with Crippen molar-refractivity contribution in [2.75, 3.05) is 0 Å². The van der Waals surface area contributed by atoms with Crippen molar-refractivity contribution in [1.29, 1.82) is 0 Å². The van der Waals surface area contributed by atoms with E-state index in [0.29, 0.717) is 0 Å². The molecular formula is C29H36N4. The number of nitrogens with zero attached hydrogens (tertiary/aromatic N) is 2. The van der Waals surface area contributed by atoms with Crippen LogP contribution in [0.2, 0.25) is 0 Å². The number of aromatic amines is 2. The Kier molecular flexibility index (Phi) is 6.29. The van der Waals surface area contributed by atoms with Gasteiger partial charge in [-0.3, -0.25) is 9.98 Å². The van der Waals surface area contributed by atoms with Gasteiger partial charge in [0.1, 0.15) is 0 Å². The van der Waals surface area contributed by atoms with Crippen LogP contribution in [-0.4, -0.2) is 22.4 Å². The molecule has 4 heteroatoms. The molecule has 0 atom stereocenters. The van der Waals surface area contributed by atoms with Gasteiger partial charge in [-0.2, -0.15) is 0 Å². The summed E-state index contributed by atoms with van der Waals surface area (Å²) < 4.78 is 0. The number of aliphatic imine (C=N–C) groups is 2. The van der Waals surface area contributed by atoms with Crippen LogP contribution in [0.4, 0.5) is 0 Å². The van der Waals surface area contributed by atoms with Crippen LogP contribution >= 0.6 is 0 Å². The molecule has 2 aromatic rings. The lowest BCUT2D eigenvalue weighted by Crippen LogP contribution is -1.94. The molecule has 0 saturated heterocycles. The molecule has 0 spiro atoms. The van der Waals surface area contributed by atoms with Crippen molar-refractivity contribution in [2.24, 2.45) is 9.98 Å². The van der Waals surface area contributed by atoms with Crippen molar-refractivity contribution < 1.29 is 0 Å². The van der Waals surface area contributed by atoms with Crippen LogP contribution in [0.3, 0.4) is 0 Å². The molecule has 0 aliphatic carbocycles. The molecule has 2 aliphatic heterocycles. The predicted molar refractivity (Wildman–Crippen MR) is 142 cm³/mol. The SMILES string of the molecule is CCC1=C(C)C=NC1=Cc1[nH]c(C)c(Cc2c(C)[nH]c(/C=C3/N=CC(C)=C3CC)c2C)c1C. The van der Waals surface area contributed by atoms with Gasteiger partial charge in [-0.05, 0) is 111 Å². The van der Waals surface area contributed by atoms with Crippen LogP contribution in [0, 0.1) is 27.7 Å². The highest BCUT2D eigenvalue weighted by atomic mass is 14.8. The van der Waals surface area contributed by atoms with E-state index >= 15 is 0 Å². The average Bonchev–Trinajstić information content (AvgIpc) is 3.47. The topological polar surface area (TPSA) is 56.3 Å². The van der Waals surface area contributed by atoms with E-state index in [1.54, 1.807) is 0 Å². The minimum atomic E-state index is 0.909. The number of aryl methyl sites for hydroxylation is 2. The third kappa shape index (κ3) is 4.15. The number of hydrogen-bond donors (Lipinski definition) is 2. The maximum Gasteiger partial charge on any atom is 0.0685 e. The van der Waals surface area contributed by atoms with E-state index in [0.717, 1.165) is 42.0 Å². The molecule has 0 aromatic carbocycles. The first-order valence-corrected chi connectivity index (χ1v) is 12.0. The van der Waals surface area contributed by atoms with E-state index in [1.807, 2.05) is 12.4 Å². The molecule has 0 radical (unpaired) electrons. The molecule has 33 heavy (non-hydrogen) atoms. The largest absolute Gasteiger partial charge is 0.359 e. The Morgan fingerprint density at radius 3 is 1.42 bits per heavy atom. The van der Waals surface area contributed by atoms with Crippen molar-refractivity contribution in [1.82, 2.24) is 9.97 Å². The average molecular weight is 441 g/mol. The van der Waals surface area contributed by atoms with Crippen molar-refractivity contribution in [3.05, 3.63) is 78.7 Å². The number of rotatable bonds is 6. The summed E-state index contributed by atoms with van der Waals surface area (Å²) in [4.78, 5) is 16.5. The van der Waals surface area contributed by atoms with E-state index in [-0.39, 0.29) is 0 Å². The summed E-state index contributed by atoms with van der Waals surface area (Å²) in [6.07, 6.45) is 11.3. The van der Waals surface area contributed by atoms with Crippen molar-refractivity contribution >= 4 is 24.6 Å². The fraction of sp³-hybridized carbons (Fsp3) is 0.379. The Balaban J connectivity index is 1.67. The summed E-state index contributed by atoms with van der Waals surface area (Å²) in [6.45, 7) is 17.5. The fourth-order valence-corrected chi connectivity index (χ4v) is 5.12. The molecule has 0 fully saturated rings. The molecular weight excluding hydrogens is 404 g/mol. The Morgan fingerprint density at radius 2 is 1.06 bits per heavy atom. The van der Waals surface area contributed by atoms with Gasteiger partial charge in [0.05, 0.1) is 11.4 Å². The van der Waals surface area contributed by atoms with Gasteiger partial charge < -0.3 is 9.97 Å². The standard InChI is InChI=1S/C29H36N4/c1-9-22-16(3)14-30-28(22)12-26-18(5)24(20(7)32-26)11-25-19(6)27(33-21(25)8)13-29-23(10-2)17(4)15-31-29/h12-15,32-33H,9-11H2,1-8H3/b28-12+,29-13?. The Hall–Kier alpha value is -3.14. The summed E-state index contributed by atoms with van der Waals surface area (Å²) in [5.74, 6) is 0. The van der Waals surface area contributed by atoms with E-state index in [2.05, 4.69) is 87.5 Å². The Labute approximate surface area is 198 Å². The molecule has 0 amide bonds. The van der Waals surface area contributed by atoms with Crippen molar-refractivity contribution in [3.8, 4) is 0 Å². The molecule has 2 aromatic heterocycles. The molecule has 0 bridgehead atoms. The molecule has 4 nitrogen and oxygen atoms in total. The predicted octanol–water partition coefficient (Wildman–Crippen LogP) is 7.47. The number of aromatic nitrogens is 2. The van der Waals surface area contributed by atoms with E-state index in [9.17, 15) is 0 Å². The zero-order valence-corrected chi connectivity index (χ0v) is 21.3. The summed E-state index contributed by atoms with van der Waals surface area (Å²) >= 11 is 0. The zero-order chi connectivity index (χ0) is 23.9. The lowest BCUT2D eigenvalue weighted by atomic mass is 9.97. The van der Waals surface area contributed by atoms with E-state index in [4.69, 9.17) is 0 Å². The number of hydrogen-bond acceptors (Lipinski definition) is 2. The molecule has 172 valence electrons. The maximum absolute atomic E-state index is 4.64. The Morgan fingerprint density at radius 1 is 0.667 bits per heavy atom. The molecule has 0 saturated carbocycles. The van der Waals surface area contributed by atoms with Gasteiger partial charge in [-0.1, -0.05) is 13.8 Å². The summed E-state index contributed by atoms with van der Waals surface area (Å²) in [5, 5.41) is 0. The first kappa shape index (κ1) is 23.0. The molecule has 4 rings (SSSR count). The monoisotopic (exact) mass is 440 g/mol. The summed E-state index contributed by atoms with van der Waals surface area (Å²) in [5.41, 5.74) is 17.5. The second kappa shape index (κ2) is 9.01. The highest BCUT2D eigenvalue weighted by molar-refractivity contribution is 5.88. The summed E-state index contributed by atoms with van der Waals surface area (Å²) in [6, 6.07) is 0. The minimum Gasteiger partial charge on any atom is -0.359 e. The highest BCUT2D eigenvalue weighted by Gasteiger charge is 2.19. The molecule has 2 N–H and O–H groups in total. The third-order valence-electron chi connectivity index (χ3n) is 7.25. The second-order valence-electron chi connectivity index (χ2n) is 9.32. The van der Waals surface area contributed by atoms with Gasteiger partial charge in [0.2, 0.25) is 0 Å².